The molecule has 0 saturated carbocycles. The highest BCUT2D eigenvalue weighted by Gasteiger charge is 2.27. The molecule has 0 unspecified atom stereocenters. The summed E-state index contributed by atoms with van der Waals surface area (Å²) in [6.07, 6.45) is 0. The van der Waals surface area contributed by atoms with Crippen molar-refractivity contribution in [2.75, 3.05) is 6.54 Å². The van der Waals surface area contributed by atoms with Crippen LogP contribution in [0.4, 0.5) is 4.79 Å². The smallest absolute Gasteiger partial charge is 0.311 e. The normalized spacial score (nSPS) is 15.5. The molecule has 1 aliphatic rings. The third-order valence-electron chi connectivity index (χ3n) is 2.28. The molecule has 2 rings (SSSR count). The maximum atomic E-state index is 11.3. The first kappa shape index (κ1) is 11.2. The molecule has 1 aromatic rings. The molecular weight excluding hydrogens is 251 g/mol. The lowest BCUT2D eigenvalue weighted by molar-refractivity contribution is -0.118. The van der Waals surface area contributed by atoms with Gasteiger partial charge in [0.2, 0.25) is 5.91 Å². The second-order valence-electron chi connectivity index (χ2n) is 3.41. The topological polar surface area (TPSA) is 49.4 Å². The SMILES string of the molecule is O=C1CN(Cc2c(Cl)cccc2Cl)C(=O)N1. The number of hydrogen-bond donors (Lipinski definition) is 1. The molecule has 1 aliphatic heterocycles. The highest BCUT2D eigenvalue weighted by Crippen LogP contribution is 2.26. The van der Waals surface area contributed by atoms with Crippen LogP contribution in [-0.4, -0.2) is 23.4 Å². The minimum atomic E-state index is -0.416. The van der Waals surface area contributed by atoms with Gasteiger partial charge in [-0.15, -0.1) is 0 Å². The van der Waals surface area contributed by atoms with E-state index in [2.05, 4.69) is 5.32 Å². The lowest BCUT2D eigenvalue weighted by atomic mass is 10.2. The maximum absolute atomic E-state index is 11.3. The molecule has 4 nitrogen and oxygen atoms in total. The molecule has 0 bridgehead atoms. The second kappa shape index (κ2) is 4.31. The standard InChI is InChI=1S/C10H8Cl2N2O2/c11-7-2-1-3-8(12)6(7)4-14-5-9(15)13-10(14)16/h1-3H,4-5H2,(H,13,15,16). The van der Waals surface area contributed by atoms with E-state index < -0.39 is 6.03 Å². The Morgan fingerprint density at radius 2 is 1.88 bits per heavy atom. The molecule has 3 amide bonds. The van der Waals surface area contributed by atoms with Gasteiger partial charge in [0, 0.05) is 15.6 Å². The average Bonchev–Trinajstić information content (AvgIpc) is 2.51. The molecule has 16 heavy (non-hydrogen) atoms. The number of carbonyl (C=O) groups is 2. The quantitative estimate of drug-likeness (QED) is 0.826. The van der Waals surface area contributed by atoms with Gasteiger partial charge in [-0.3, -0.25) is 10.1 Å². The average molecular weight is 259 g/mol. The zero-order chi connectivity index (χ0) is 11.7. The Bertz CT molecular complexity index is 442. The fourth-order valence-corrected chi connectivity index (χ4v) is 2.00. The van der Waals surface area contributed by atoms with Crippen molar-refractivity contribution < 1.29 is 9.59 Å². The van der Waals surface area contributed by atoms with Gasteiger partial charge in [-0.05, 0) is 12.1 Å². The van der Waals surface area contributed by atoms with Crippen molar-refractivity contribution >= 4 is 35.1 Å². The van der Waals surface area contributed by atoms with Gasteiger partial charge in [0.05, 0.1) is 6.54 Å². The van der Waals surface area contributed by atoms with Crippen molar-refractivity contribution in [3.8, 4) is 0 Å². The highest BCUT2D eigenvalue weighted by molar-refractivity contribution is 6.36. The third kappa shape index (κ3) is 2.13. The van der Waals surface area contributed by atoms with Gasteiger partial charge in [0.15, 0.2) is 0 Å². The molecule has 0 atom stereocenters. The fourth-order valence-electron chi connectivity index (χ4n) is 1.48. The van der Waals surface area contributed by atoms with E-state index >= 15 is 0 Å². The van der Waals surface area contributed by atoms with E-state index in [0.717, 1.165) is 0 Å². The highest BCUT2D eigenvalue weighted by atomic mass is 35.5. The van der Waals surface area contributed by atoms with Crippen LogP contribution in [0, 0.1) is 0 Å². The summed E-state index contributed by atoms with van der Waals surface area (Å²) in [6.45, 7) is 0.274. The van der Waals surface area contributed by atoms with Crippen molar-refractivity contribution in [3.63, 3.8) is 0 Å². The molecule has 1 saturated heterocycles. The van der Waals surface area contributed by atoms with Crippen LogP contribution < -0.4 is 5.32 Å². The maximum Gasteiger partial charge on any atom is 0.324 e. The molecule has 1 fully saturated rings. The number of halogens is 2. The predicted octanol–water partition coefficient (Wildman–Crippen LogP) is 2.05. The Balaban J connectivity index is 2.21. The van der Waals surface area contributed by atoms with Crippen LogP contribution in [0.1, 0.15) is 5.56 Å². The fraction of sp³-hybridized carbons (Fsp3) is 0.200. The van der Waals surface area contributed by atoms with E-state index in [-0.39, 0.29) is 19.0 Å². The molecule has 0 aliphatic carbocycles. The molecular formula is C10H8Cl2N2O2. The molecule has 1 aromatic carbocycles. The molecule has 1 N–H and O–H groups in total. The first-order chi connectivity index (χ1) is 7.58. The summed E-state index contributed by atoms with van der Waals surface area (Å²) in [5.41, 5.74) is 0.649. The van der Waals surface area contributed by atoms with E-state index in [9.17, 15) is 9.59 Å². The third-order valence-corrected chi connectivity index (χ3v) is 2.99. The monoisotopic (exact) mass is 258 g/mol. The molecule has 0 spiro atoms. The first-order valence-corrected chi connectivity index (χ1v) is 5.35. The van der Waals surface area contributed by atoms with Gasteiger partial charge in [-0.2, -0.15) is 0 Å². The number of hydrogen-bond acceptors (Lipinski definition) is 2. The Kier molecular flexibility index (Phi) is 3.03. The van der Waals surface area contributed by atoms with Crippen LogP contribution in [0.25, 0.3) is 0 Å². The summed E-state index contributed by atoms with van der Waals surface area (Å²) in [5.74, 6) is -0.312. The second-order valence-corrected chi connectivity index (χ2v) is 4.22. The summed E-state index contributed by atoms with van der Waals surface area (Å²) >= 11 is 11.9. The number of nitrogens with zero attached hydrogens (tertiary/aromatic N) is 1. The van der Waals surface area contributed by atoms with Crippen LogP contribution in [0.15, 0.2) is 18.2 Å². The minimum Gasteiger partial charge on any atom is -0.311 e. The first-order valence-electron chi connectivity index (χ1n) is 4.59. The summed E-state index contributed by atoms with van der Waals surface area (Å²) < 4.78 is 0. The van der Waals surface area contributed by atoms with Crippen LogP contribution >= 0.6 is 23.2 Å². The van der Waals surface area contributed by atoms with E-state index in [0.29, 0.717) is 15.6 Å². The van der Waals surface area contributed by atoms with Gasteiger partial charge in [0.25, 0.3) is 0 Å². The minimum absolute atomic E-state index is 0.0420. The van der Waals surface area contributed by atoms with Gasteiger partial charge >= 0.3 is 6.03 Å². The largest absolute Gasteiger partial charge is 0.324 e. The predicted molar refractivity (Wildman–Crippen MR) is 60.4 cm³/mol. The number of amides is 3. The van der Waals surface area contributed by atoms with Gasteiger partial charge in [-0.25, -0.2) is 4.79 Å². The van der Waals surface area contributed by atoms with Crippen molar-refractivity contribution in [1.29, 1.82) is 0 Å². The van der Waals surface area contributed by atoms with Crippen molar-refractivity contribution in [3.05, 3.63) is 33.8 Å². The van der Waals surface area contributed by atoms with E-state index in [4.69, 9.17) is 23.2 Å². The van der Waals surface area contributed by atoms with Gasteiger partial charge in [0.1, 0.15) is 6.54 Å². The zero-order valence-electron chi connectivity index (χ0n) is 8.17. The van der Waals surface area contributed by atoms with E-state index in [1.54, 1.807) is 18.2 Å². The lowest BCUT2D eigenvalue weighted by Crippen LogP contribution is -2.27. The summed E-state index contributed by atoms with van der Waals surface area (Å²) in [4.78, 5) is 23.7. The Morgan fingerprint density at radius 3 is 2.38 bits per heavy atom. The van der Waals surface area contributed by atoms with Crippen molar-refractivity contribution in [2.24, 2.45) is 0 Å². The number of imide groups is 1. The van der Waals surface area contributed by atoms with Gasteiger partial charge in [-0.1, -0.05) is 29.3 Å². The number of urea groups is 1. The molecule has 84 valence electrons. The Hall–Kier alpha value is -1.26. The summed E-state index contributed by atoms with van der Waals surface area (Å²) in [7, 11) is 0. The number of benzene rings is 1. The molecule has 6 heteroatoms. The van der Waals surface area contributed by atoms with Gasteiger partial charge < -0.3 is 4.90 Å². The number of carbonyl (C=O) groups excluding carboxylic acids is 2. The lowest BCUT2D eigenvalue weighted by Gasteiger charge is -2.15. The van der Waals surface area contributed by atoms with Crippen LogP contribution in [-0.2, 0) is 11.3 Å². The summed E-state index contributed by atoms with van der Waals surface area (Å²) in [5, 5.41) is 3.16. The number of nitrogens with one attached hydrogen (secondary N) is 1. The van der Waals surface area contributed by atoms with E-state index in [1.165, 1.54) is 4.90 Å². The van der Waals surface area contributed by atoms with Crippen LogP contribution in [0.3, 0.4) is 0 Å². The Morgan fingerprint density at radius 1 is 1.25 bits per heavy atom. The zero-order valence-corrected chi connectivity index (χ0v) is 9.68. The Labute approximate surface area is 102 Å². The molecule has 0 aromatic heterocycles. The van der Waals surface area contributed by atoms with E-state index in [1.807, 2.05) is 0 Å². The number of rotatable bonds is 2. The van der Waals surface area contributed by atoms with Crippen LogP contribution in [0.2, 0.25) is 10.0 Å². The van der Waals surface area contributed by atoms with Crippen molar-refractivity contribution in [2.45, 2.75) is 6.54 Å². The summed E-state index contributed by atoms with van der Waals surface area (Å²) in [6, 6.07) is 4.70. The van der Waals surface area contributed by atoms with Crippen molar-refractivity contribution in [1.82, 2.24) is 10.2 Å². The molecule has 1 heterocycles. The van der Waals surface area contributed by atoms with Crippen LogP contribution in [0.5, 0.6) is 0 Å². The molecule has 0 radical (unpaired) electrons.